The van der Waals surface area contributed by atoms with E-state index in [1.54, 1.807) is 38.3 Å². The number of carbonyl (C=O) groups excluding carboxylic acids is 2. The van der Waals surface area contributed by atoms with Crippen molar-refractivity contribution in [2.24, 2.45) is 0 Å². The number of aryl methyl sites for hydroxylation is 1. The molecule has 0 aliphatic carbocycles. The molecule has 0 aliphatic rings. The second-order valence-electron chi connectivity index (χ2n) is 5.98. The van der Waals surface area contributed by atoms with E-state index < -0.39 is 5.97 Å². The van der Waals surface area contributed by atoms with E-state index >= 15 is 0 Å². The minimum absolute atomic E-state index is 0.0000106. The van der Waals surface area contributed by atoms with Crippen LogP contribution in [0.1, 0.15) is 21.8 Å². The maximum atomic E-state index is 12.5. The number of nitrogens with one attached hydrogen (secondary N) is 1. The van der Waals surface area contributed by atoms with Crippen molar-refractivity contribution in [1.29, 1.82) is 0 Å². The summed E-state index contributed by atoms with van der Waals surface area (Å²) in [5.41, 5.74) is 1.88. The second kappa shape index (κ2) is 8.39. The zero-order valence-electron chi connectivity index (χ0n) is 15.8. The number of amides is 1. The lowest BCUT2D eigenvalue weighted by Crippen LogP contribution is -2.17. The number of nitrogens with zero attached hydrogens (tertiary/aromatic N) is 1. The fraction of sp³-hybridized carbons (Fsp3) is 0.190. The molecule has 0 radical (unpaired) electrons. The zero-order valence-corrected chi connectivity index (χ0v) is 15.8. The molecule has 0 unspecified atom stereocenters. The summed E-state index contributed by atoms with van der Waals surface area (Å²) in [5, 5.41) is 2.73. The monoisotopic (exact) mass is 380 g/mol. The van der Waals surface area contributed by atoms with Crippen LogP contribution in [0, 0.1) is 6.92 Å². The highest BCUT2D eigenvalue weighted by molar-refractivity contribution is 6.01. The molecule has 28 heavy (non-hydrogen) atoms. The summed E-state index contributed by atoms with van der Waals surface area (Å²) in [6.45, 7) is 1.75. The van der Waals surface area contributed by atoms with E-state index in [4.69, 9.17) is 13.9 Å². The Labute approximate surface area is 162 Å². The van der Waals surface area contributed by atoms with Crippen molar-refractivity contribution < 1.29 is 23.5 Å². The molecule has 1 aromatic heterocycles. The number of hydrogen-bond acceptors (Lipinski definition) is 6. The molecule has 2 aromatic carbocycles. The molecule has 1 heterocycles. The van der Waals surface area contributed by atoms with Crippen molar-refractivity contribution in [3.63, 3.8) is 0 Å². The first kappa shape index (κ1) is 19.2. The smallest absolute Gasteiger partial charge is 0.339 e. The third kappa shape index (κ3) is 4.03. The topological polar surface area (TPSA) is 90.7 Å². The largest absolute Gasteiger partial charge is 0.496 e. The van der Waals surface area contributed by atoms with E-state index in [2.05, 4.69) is 10.3 Å². The van der Waals surface area contributed by atoms with Crippen LogP contribution in [0.4, 0.5) is 5.69 Å². The van der Waals surface area contributed by atoms with Gasteiger partial charge >= 0.3 is 5.97 Å². The molecule has 0 atom stereocenters. The maximum absolute atomic E-state index is 12.5. The van der Waals surface area contributed by atoms with Gasteiger partial charge in [-0.05, 0) is 31.2 Å². The van der Waals surface area contributed by atoms with Gasteiger partial charge in [-0.2, -0.15) is 0 Å². The first-order valence-corrected chi connectivity index (χ1v) is 8.60. The molecule has 0 saturated heterocycles. The normalized spacial score (nSPS) is 10.4. The van der Waals surface area contributed by atoms with Gasteiger partial charge in [-0.1, -0.05) is 24.3 Å². The highest BCUT2D eigenvalue weighted by atomic mass is 16.5. The van der Waals surface area contributed by atoms with Crippen LogP contribution >= 0.6 is 0 Å². The summed E-state index contributed by atoms with van der Waals surface area (Å²) in [6.07, 6.45) is -0.0000106. The van der Waals surface area contributed by atoms with Gasteiger partial charge in [0.25, 0.3) is 0 Å². The predicted molar refractivity (Wildman–Crippen MR) is 103 cm³/mol. The minimum atomic E-state index is -0.521. The quantitative estimate of drug-likeness (QED) is 0.657. The third-order valence-corrected chi connectivity index (χ3v) is 4.16. The van der Waals surface area contributed by atoms with Crippen molar-refractivity contribution in [2.45, 2.75) is 13.3 Å². The van der Waals surface area contributed by atoms with Gasteiger partial charge in [-0.25, -0.2) is 9.78 Å². The molecule has 0 saturated carbocycles. The number of para-hydroxylation sites is 2. The van der Waals surface area contributed by atoms with E-state index in [0.29, 0.717) is 34.3 Å². The van der Waals surface area contributed by atoms with E-state index in [9.17, 15) is 9.59 Å². The highest BCUT2D eigenvalue weighted by Gasteiger charge is 2.18. The van der Waals surface area contributed by atoms with E-state index in [1.807, 2.05) is 24.3 Å². The zero-order chi connectivity index (χ0) is 20.1. The molecule has 7 heteroatoms. The molecule has 0 spiro atoms. The SMILES string of the molecule is COC(=O)c1ccccc1NC(=O)Cc1nc(-c2ccccc2OC)oc1C. The van der Waals surface area contributed by atoms with Crippen molar-refractivity contribution in [3.05, 3.63) is 65.5 Å². The Morgan fingerprint density at radius 3 is 2.54 bits per heavy atom. The van der Waals surface area contributed by atoms with Crippen LogP contribution in [0.25, 0.3) is 11.5 Å². The third-order valence-electron chi connectivity index (χ3n) is 4.16. The number of aromatic nitrogens is 1. The molecular weight excluding hydrogens is 360 g/mol. The molecule has 1 amide bonds. The first-order valence-electron chi connectivity index (χ1n) is 8.60. The average molecular weight is 380 g/mol. The van der Waals surface area contributed by atoms with Gasteiger partial charge in [0.15, 0.2) is 0 Å². The van der Waals surface area contributed by atoms with Crippen LogP contribution in [0.2, 0.25) is 0 Å². The number of carbonyl (C=O) groups is 2. The average Bonchev–Trinajstić information content (AvgIpc) is 3.07. The van der Waals surface area contributed by atoms with Crippen molar-refractivity contribution in [3.8, 4) is 17.2 Å². The van der Waals surface area contributed by atoms with Gasteiger partial charge in [-0.15, -0.1) is 0 Å². The second-order valence-corrected chi connectivity index (χ2v) is 5.98. The van der Waals surface area contributed by atoms with Crippen LogP contribution in [-0.2, 0) is 16.0 Å². The summed E-state index contributed by atoms with van der Waals surface area (Å²) >= 11 is 0. The lowest BCUT2D eigenvalue weighted by atomic mass is 10.1. The molecule has 0 bridgehead atoms. The summed E-state index contributed by atoms with van der Waals surface area (Å²) in [7, 11) is 2.86. The van der Waals surface area contributed by atoms with Crippen LogP contribution in [0.3, 0.4) is 0 Å². The molecule has 0 fully saturated rings. The number of anilines is 1. The Kier molecular flexibility index (Phi) is 5.74. The Morgan fingerprint density at radius 2 is 1.79 bits per heavy atom. The van der Waals surface area contributed by atoms with Gasteiger partial charge in [0.05, 0.1) is 43.1 Å². The van der Waals surface area contributed by atoms with Gasteiger partial charge in [-0.3, -0.25) is 4.79 Å². The number of esters is 1. The summed E-state index contributed by atoms with van der Waals surface area (Å²) in [5.74, 6) is 0.711. The van der Waals surface area contributed by atoms with Crippen LogP contribution in [0.15, 0.2) is 52.9 Å². The van der Waals surface area contributed by atoms with Crippen LogP contribution < -0.4 is 10.1 Å². The van der Waals surface area contributed by atoms with E-state index in [1.165, 1.54) is 7.11 Å². The Morgan fingerprint density at radius 1 is 1.07 bits per heavy atom. The van der Waals surface area contributed by atoms with Crippen molar-refractivity contribution in [1.82, 2.24) is 4.98 Å². The lowest BCUT2D eigenvalue weighted by Gasteiger charge is -2.09. The number of benzene rings is 2. The van der Waals surface area contributed by atoms with E-state index in [-0.39, 0.29) is 17.9 Å². The Hall–Kier alpha value is -3.61. The van der Waals surface area contributed by atoms with Crippen molar-refractivity contribution >= 4 is 17.6 Å². The molecule has 0 aliphatic heterocycles. The molecule has 3 aromatic rings. The summed E-state index contributed by atoms with van der Waals surface area (Å²) < 4.78 is 15.8. The number of rotatable bonds is 6. The fourth-order valence-corrected chi connectivity index (χ4v) is 2.76. The lowest BCUT2D eigenvalue weighted by molar-refractivity contribution is -0.115. The van der Waals surface area contributed by atoms with Gasteiger partial charge in [0.2, 0.25) is 11.8 Å². The number of ether oxygens (including phenoxy) is 2. The van der Waals surface area contributed by atoms with Crippen LogP contribution in [-0.4, -0.2) is 31.1 Å². The predicted octanol–water partition coefficient (Wildman–Crippen LogP) is 3.63. The first-order chi connectivity index (χ1) is 13.5. The summed E-state index contributed by atoms with van der Waals surface area (Å²) in [6, 6.07) is 14.0. The maximum Gasteiger partial charge on any atom is 0.339 e. The van der Waals surface area contributed by atoms with Crippen LogP contribution in [0.5, 0.6) is 5.75 Å². The Bertz CT molecular complexity index is 1010. The highest BCUT2D eigenvalue weighted by Crippen LogP contribution is 2.30. The number of methoxy groups -OCH3 is 2. The Balaban J connectivity index is 1.79. The molecule has 3 rings (SSSR count). The molecule has 1 N–H and O–H groups in total. The summed E-state index contributed by atoms with van der Waals surface area (Å²) in [4.78, 5) is 28.8. The molecule has 144 valence electrons. The van der Waals surface area contributed by atoms with Gasteiger partial charge < -0.3 is 19.2 Å². The van der Waals surface area contributed by atoms with E-state index in [0.717, 1.165) is 0 Å². The van der Waals surface area contributed by atoms with Gasteiger partial charge in [0, 0.05) is 0 Å². The fourth-order valence-electron chi connectivity index (χ4n) is 2.76. The van der Waals surface area contributed by atoms with Crippen molar-refractivity contribution in [2.75, 3.05) is 19.5 Å². The number of hydrogen-bond donors (Lipinski definition) is 1. The minimum Gasteiger partial charge on any atom is -0.496 e. The molecular formula is C21H20N2O5. The molecule has 7 nitrogen and oxygen atoms in total. The standard InChI is InChI=1S/C21H20N2O5/c1-13-17(23-20(28-13)15-9-5-7-11-18(15)26-2)12-19(24)22-16-10-6-4-8-14(16)21(25)27-3/h4-11H,12H2,1-3H3,(H,22,24). The number of oxazole rings is 1. The van der Waals surface area contributed by atoms with Gasteiger partial charge in [0.1, 0.15) is 11.5 Å².